The zero-order chi connectivity index (χ0) is 21.3. The van der Waals surface area contributed by atoms with Crippen LogP contribution in [0.1, 0.15) is 26.5 Å². The molecule has 0 unspecified atom stereocenters. The maximum Gasteiger partial charge on any atom is 0.261 e. The van der Waals surface area contributed by atoms with Gasteiger partial charge in [0.15, 0.2) is 5.82 Å². The Labute approximate surface area is 173 Å². The number of anilines is 1. The SMILES string of the molecule is CC(C)(C)c1cc(NC(=O)Cn2cnc3ccccc3c2=O)n(-c2ccccn2)n1. The van der Waals surface area contributed by atoms with Gasteiger partial charge in [-0.2, -0.15) is 9.78 Å². The number of fused-ring (bicyclic) bond motifs is 1. The zero-order valence-electron chi connectivity index (χ0n) is 17.0. The normalized spacial score (nSPS) is 11.6. The van der Waals surface area contributed by atoms with Crippen molar-refractivity contribution in [3.05, 3.63) is 77.1 Å². The molecular weight excluding hydrogens is 380 g/mol. The number of amides is 1. The summed E-state index contributed by atoms with van der Waals surface area (Å²) in [5.74, 6) is 0.727. The summed E-state index contributed by atoms with van der Waals surface area (Å²) in [6.07, 6.45) is 3.06. The summed E-state index contributed by atoms with van der Waals surface area (Å²) in [4.78, 5) is 34.0. The van der Waals surface area contributed by atoms with E-state index in [2.05, 4.69) is 20.4 Å². The smallest absolute Gasteiger partial charge is 0.261 e. The van der Waals surface area contributed by atoms with Gasteiger partial charge in [0.05, 0.1) is 22.9 Å². The van der Waals surface area contributed by atoms with E-state index in [1.54, 1.807) is 29.1 Å². The van der Waals surface area contributed by atoms with Crippen LogP contribution in [0.5, 0.6) is 0 Å². The van der Waals surface area contributed by atoms with Gasteiger partial charge in [0.25, 0.3) is 5.56 Å². The van der Waals surface area contributed by atoms with Crippen molar-refractivity contribution in [1.82, 2.24) is 24.3 Å². The minimum atomic E-state index is -0.355. The quantitative estimate of drug-likeness (QED) is 0.566. The highest BCUT2D eigenvalue weighted by molar-refractivity contribution is 5.90. The number of nitrogens with one attached hydrogen (secondary N) is 1. The molecule has 1 N–H and O–H groups in total. The number of benzene rings is 1. The van der Waals surface area contributed by atoms with Gasteiger partial charge in [0.1, 0.15) is 12.4 Å². The molecule has 8 heteroatoms. The van der Waals surface area contributed by atoms with Crippen LogP contribution in [0.15, 0.2) is 65.8 Å². The molecule has 3 aromatic heterocycles. The number of hydrogen-bond acceptors (Lipinski definition) is 5. The number of carbonyl (C=O) groups excluding carboxylic acids is 1. The summed E-state index contributed by atoms with van der Waals surface area (Å²) in [5.41, 5.74) is 0.943. The van der Waals surface area contributed by atoms with Crippen molar-refractivity contribution in [2.24, 2.45) is 0 Å². The van der Waals surface area contributed by atoms with E-state index in [0.717, 1.165) is 5.69 Å². The van der Waals surface area contributed by atoms with Crippen LogP contribution in [-0.4, -0.2) is 30.2 Å². The fourth-order valence-corrected chi connectivity index (χ4v) is 3.05. The van der Waals surface area contributed by atoms with E-state index in [-0.39, 0.29) is 23.4 Å². The van der Waals surface area contributed by atoms with Crippen molar-refractivity contribution < 1.29 is 4.79 Å². The molecule has 3 heterocycles. The maximum atomic E-state index is 12.8. The summed E-state index contributed by atoms with van der Waals surface area (Å²) in [6.45, 7) is 5.98. The van der Waals surface area contributed by atoms with Gasteiger partial charge in [0.2, 0.25) is 5.91 Å². The molecule has 4 aromatic rings. The van der Waals surface area contributed by atoms with Crippen molar-refractivity contribution in [3.8, 4) is 5.82 Å². The maximum absolute atomic E-state index is 12.8. The minimum Gasteiger partial charge on any atom is -0.309 e. The van der Waals surface area contributed by atoms with E-state index in [4.69, 9.17) is 0 Å². The molecule has 0 atom stereocenters. The van der Waals surface area contributed by atoms with Crippen LogP contribution >= 0.6 is 0 Å². The second-order valence-corrected chi connectivity index (χ2v) is 8.01. The van der Waals surface area contributed by atoms with Gasteiger partial charge in [-0.05, 0) is 24.3 Å². The van der Waals surface area contributed by atoms with Gasteiger partial charge in [-0.1, -0.05) is 39.0 Å². The average molecular weight is 402 g/mol. The molecule has 1 amide bonds. The van der Waals surface area contributed by atoms with E-state index in [0.29, 0.717) is 22.5 Å². The van der Waals surface area contributed by atoms with Gasteiger partial charge < -0.3 is 5.32 Å². The lowest BCUT2D eigenvalue weighted by Gasteiger charge is -2.13. The third-order valence-electron chi connectivity index (χ3n) is 4.66. The third kappa shape index (κ3) is 3.84. The fraction of sp³-hybridized carbons (Fsp3) is 0.227. The second-order valence-electron chi connectivity index (χ2n) is 8.01. The van der Waals surface area contributed by atoms with E-state index < -0.39 is 0 Å². The lowest BCUT2D eigenvalue weighted by Crippen LogP contribution is -2.28. The summed E-state index contributed by atoms with van der Waals surface area (Å²) in [7, 11) is 0. The number of rotatable bonds is 4. The Morgan fingerprint density at radius 2 is 1.83 bits per heavy atom. The van der Waals surface area contributed by atoms with Crippen molar-refractivity contribution in [1.29, 1.82) is 0 Å². The summed E-state index contributed by atoms with van der Waals surface area (Å²) < 4.78 is 2.89. The monoisotopic (exact) mass is 402 g/mol. The zero-order valence-corrected chi connectivity index (χ0v) is 17.0. The van der Waals surface area contributed by atoms with Crippen LogP contribution in [0, 0.1) is 0 Å². The highest BCUT2D eigenvalue weighted by Gasteiger charge is 2.22. The van der Waals surface area contributed by atoms with Crippen LogP contribution in [-0.2, 0) is 16.8 Å². The number of aromatic nitrogens is 5. The molecule has 0 radical (unpaired) electrons. The summed E-state index contributed by atoms with van der Waals surface area (Å²) in [6, 6.07) is 14.4. The van der Waals surface area contributed by atoms with Crippen molar-refractivity contribution >= 4 is 22.6 Å². The minimum absolute atomic E-state index is 0.158. The lowest BCUT2D eigenvalue weighted by molar-refractivity contribution is -0.116. The molecule has 0 aliphatic carbocycles. The molecule has 1 aromatic carbocycles. The Hall–Kier alpha value is -3.81. The standard InChI is InChI=1S/C22H22N6O2/c1-22(2,3)17-12-19(28(26-17)18-10-6-7-11-23-18)25-20(29)13-27-14-24-16-9-5-4-8-15(16)21(27)30/h4-12,14H,13H2,1-3H3,(H,25,29). The van der Waals surface area contributed by atoms with Gasteiger partial charge in [0, 0.05) is 17.7 Å². The van der Waals surface area contributed by atoms with Crippen LogP contribution < -0.4 is 10.9 Å². The van der Waals surface area contributed by atoms with Crippen LogP contribution in [0.25, 0.3) is 16.7 Å². The first-order valence-corrected chi connectivity index (χ1v) is 9.59. The summed E-state index contributed by atoms with van der Waals surface area (Å²) >= 11 is 0. The molecule has 0 aliphatic heterocycles. The first-order valence-electron chi connectivity index (χ1n) is 9.59. The number of carbonyl (C=O) groups is 1. The largest absolute Gasteiger partial charge is 0.309 e. The molecule has 30 heavy (non-hydrogen) atoms. The highest BCUT2D eigenvalue weighted by Crippen LogP contribution is 2.25. The van der Waals surface area contributed by atoms with Gasteiger partial charge in [-0.25, -0.2) is 9.97 Å². The molecule has 152 valence electrons. The average Bonchev–Trinajstić information content (AvgIpc) is 3.15. The van der Waals surface area contributed by atoms with Gasteiger partial charge in [-0.15, -0.1) is 0 Å². The van der Waals surface area contributed by atoms with E-state index in [1.165, 1.54) is 10.9 Å². The Balaban J connectivity index is 1.64. The number of hydrogen-bond donors (Lipinski definition) is 1. The first kappa shape index (κ1) is 19.5. The van der Waals surface area contributed by atoms with E-state index in [1.807, 2.05) is 51.1 Å². The lowest BCUT2D eigenvalue weighted by atomic mass is 9.92. The van der Waals surface area contributed by atoms with Crippen LogP contribution in [0.3, 0.4) is 0 Å². The molecule has 0 bridgehead atoms. The molecule has 4 rings (SSSR count). The molecule has 8 nitrogen and oxygen atoms in total. The van der Waals surface area contributed by atoms with Crippen molar-refractivity contribution in [3.63, 3.8) is 0 Å². The molecule has 0 fully saturated rings. The predicted molar refractivity (Wildman–Crippen MR) is 115 cm³/mol. The fourth-order valence-electron chi connectivity index (χ4n) is 3.05. The Morgan fingerprint density at radius 1 is 1.07 bits per heavy atom. The number of para-hydroxylation sites is 1. The van der Waals surface area contributed by atoms with Crippen LogP contribution in [0.4, 0.5) is 5.82 Å². The highest BCUT2D eigenvalue weighted by atomic mass is 16.2. The molecule has 0 saturated carbocycles. The van der Waals surface area contributed by atoms with Crippen molar-refractivity contribution in [2.45, 2.75) is 32.7 Å². The molecule has 0 aliphatic rings. The van der Waals surface area contributed by atoms with Crippen LogP contribution in [0.2, 0.25) is 0 Å². The predicted octanol–water partition coefficient (Wildman–Crippen LogP) is 2.91. The molecule has 0 saturated heterocycles. The Kier molecular flexibility index (Phi) is 4.91. The Bertz CT molecular complexity index is 1270. The Morgan fingerprint density at radius 3 is 2.57 bits per heavy atom. The number of pyridine rings is 1. The topological polar surface area (TPSA) is 94.7 Å². The number of nitrogens with zero attached hydrogens (tertiary/aromatic N) is 5. The molecular formula is C22H22N6O2. The van der Waals surface area contributed by atoms with Gasteiger partial charge >= 0.3 is 0 Å². The van der Waals surface area contributed by atoms with Gasteiger partial charge in [-0.3, -0.25) is 14.2 Å². The first-order chi connectivity index (χ1) is 14.3. The van der Waals surface area contributed by atoms with E-state index in [9.17, 15) is 9.59 Å². The van der Waals surface area contributed by atoms with Crippen molar-refractivity contribution in [2.75, 3.05) is 5.32 Å². The second kappa shape index (κ2) is 7.55. The third-order valence-corrected chi connectivity index (χ3v) is 4.66. The molecule has 0 spiro atoms. The summed E-state index contributed by atoms with van der Waals surface area (Å²) in [5, 5.41) is 7.96. The van der Waals surface area contributed by atoms with E-state index >= 15 is 0 Å².